The largest absolute Gasteiger partial charge is 0.507 e. The van der Waals surface area contributed by atoms with E-state index in [0.29, 0.717) is 24.3 Å². The third-order valence-corrected chi connectivity index (χ3v) is 3.54. The first kappa shape index (κ1) is 17.2. The maximum absolute atomic E-state index is 12.0. The van der Waals surface area contributed by atoms with E-state index in [-0.39, 0.29) is 11.7 Å². The number of hydrazone groups is 1. The number of ether oxygens (including phenoxy) is 1. The molecule has 0 aromatic heterocycles. The number of phenolic OH excluding ortho intramolecular Hbond substituents is 1. The molecule has 2 rings (SSSR count). The molecule has 0 saturated carbocycles. The van der Waals surface area contributed by atoms with Gasteiger partial charge in [-0.15, -0.1) is 0 Å². The number of nitrogens with one attached hydrogen (secondary N) is 1. The summed E-state index contributed by atoms with van der Waals surface area (Å²) in [4.78, 5) is 12.0. The van der Waals surface area contributed by atoms with E-state index in [2.05, 4.69) is 26.5 Å². The van der Waals surface area contributed by atoms with Crippen LogP contribution in [0.15, 0.2) is 52.0 Å². The topological polar surface area (TPSA) is 70.9 Å². The molecule has 0 bridgehead atoms. The minimum absolute atomic E-state index is 0.0893. The average Bonchev–Trinajstić information content (AvgIpc) is 2.56. The molecule has 6 heteroatoms. The van der Waals surface area contributed by atoms with Crippen LogP contribution in [-0.4, -0.2) is 23.8 Å². The van der Waals surface area contributed by atoms with E-state index in [0.717, 1.165) is 10.0 Å². The molecule has 2 aromatic rings. The van der Waals surface area contributed by atoms with Gasteiger partial charge in [0, 0.05) is 22.2 Å². The fraction of sp³-hybridized carbons (Fsp3) is 0.176. The molecule has 0 aliphatic rings. The van der Waals surface area contributed by atoms with Gasteiger partial charge in [-0.1, -0.05) is 28.1 Å². The Kier molecular flexibility index (Phi) is 6.31. The molecule has 1 amide bonds. The van der Waals surface area contributed by atoms with Crippen molar-refractivity contribution in [3.05, 3.63) is 63.6 Å². The number of hydrogen-bond acceptors (Lipinski definition) is 4. The molecule has 0 spiro atoms. The molecule has 5 nitrogen and oxygen atoms in total. The minimum Gasteiger partial charge on any atom is -0.507 e. The zero-order chi connectivity index (χ0) is 16.7. The standard InChI is InChI=1S/C17H17BrN2O3/c1-2-23-11-12-3-5-13(6-4-12)17(22)20-19-10-14-9-15(18)7-8-16(14)21/h3-10,21H,2,11H2,1H3,(H,20,22)/b19-10+. The van der Waals surface area contributed by atoms with Crippen molar-refractivity contribution in [2.75, 3.05) is 6.61 Å². The van der Waals surface area contributed by atoms with Crippen LogP contribution in [0.2, 0.25) is 0 Å². The second kappa shape index (κ2) is 8.45. The predicted molar refractivity (Wildman–Crippen MR) is 92.6 cm³/mol. The fourth-order valence-electron chi connectivity index (χ4n) is 1.83. The van der Waals surface area contributed by atoms with Crippen molar-refractivity contribution in [3.63, 3.8) is 0 Å². The Morgan fingerprint density at radius 3 is 2.74 bits per heavy atom. The van der Waals surface area contributed by atoms with E-state index in [1.165, 1.54) is 6.21 Å². The van der Waals surface area contributed by atoms with Crippen LogP contribution in [0.25, 0.3) is 0 Å². The van der Waals surface area contributed by atoms with Gasteiger partial charge in [-0.05, 0) is 42.8 Å². The highest BCUT2D eigenvalue weighted by Crippen LogP contribution is 2.19. The number of carbonyl (C=O) groups excluding carboxylic acids is 1. The SMILES string of the molecule is CCOCc1ccc(C(=O)N/N=C/c2cc(Br)ccc2O)cc1. The highest BCUT2D eigenvalue weighted by Gasteiger charge is 2.04. The molecular formula is C17H17BrN2O3. The Bertz CT molecular complexity index is 699. The van der Waals surface area contributed by atoms with Gasteiger partial charge in [-0.25, -0.2) is 5.43 Å². The molecule has 0 radical (unpaired) electrons. The van der Waals surface area contributed by atoms with Crippen LogP contribution in [0.3, 0.4) is 0 Å². The van der Waals surface area contributed by atoms with Crippen molar-refractivity contribution >= 4 is 28.1 Å². The maximum atomic E-state index is 12.0. The van der Waals surface area contributed by atoms with Gasteiger partial charge < -0.3 is 9.84 Å². The summed E-state index contributed by atoms with van der Waals surface area (Å²) in [6, 6.07) is 12.1. The number of aromatic hydroxyl groups is 1. The number of hydrogen-bond donors (Lipinski definition) is 2. The Hall–Kier alpha value is -2.18. The molecule has 2 aromatic carbocycles. The lowest BCUT2D eigenvalue weighted by Gasteiger charge is -2.04. The normalized spacial score (nSPS) is 10.9. The Morgan fingerprint density at radius 1 is 1.30 bits per heavy atom. The summed E-state index contributed by atoms with van der Waals surface area (Å²) in [5, 5.41) is 13.5. The third-order valence-electron chi connectivity index (χ3n) is 3.05. The number of carbonyl (C=O) groups is 1. The zero-order valence-corrected chi connectivity index (χ0v) is 14.2. The van der Waals surface area contributed by atoms with Crippen LogP contribution in [0.4, 0.5) is 0 Å². The maximum Gasteiger partial charge on any atom is 0.271 e. The second-order valence-corrected chi connectivity index (χ2v) is 5.65. The first-order valence-corrected chi connectivity index (χ1v) is 7.88. The zero-order valence-electron chi connectivity index (χ0n) is 12.6. The lowest BCUT2D eigenvalue weighted by Crippen LogP contribution is -2.17. The lowest BCUT2D eigenvalue weighted by molar-refractivity contribution is 0.0955. The Morgan fingerprint density at radius 2 is 2.04 bits per heavy atom. The molecule has 0 heterocycles. The highest BCUT2D eigenvalue weighted by atomic mass is 79.9. The second-order valence-electron chi connectivity index (χ2n) is 4.74. The minimum atomic E-state index is -0.321. The van der Waals surface area contributed by atoms with Gasteiger partial charge in [-0.2, -0.15) is 5.10 Å². The van der Waals surface area contributed by atoms with Gasteiger partial charge in [-0.3, -0.25) is 4.79 Å². The van der Waals surface area contributed by atoms with E-state index >= 15 is 0 Å². The molecule has 0 atom stereocenters. The average molecular weight is 377 g/mol. The van der Waals surface area contributed by atoms with Crippen LogP contribution in [0.5, 0.6) is 5.75 Å². The van der Waals surface area contributed by atoms with Gasteiger partial charge in [0.25, 0.3) is 5.91 Å². The smallest absolute Gasteiger partial charge is 0.271 e. The van der Waals surface area contributed by atoms with Crippen LogP contribution in [0, 0.1) is 0 Å². The predicted octanol–water partition coefficient (Wildman–Crippen LogP) is 3.46. The van der Waals surface area contributed by atoms with Crippen LogP contribution in [-0.2, 0) is 11.3 Å². The molecule has 0 unspecified atom stereocenters. The van der Waals surface area contributed by atoms with E-state index in [4.69, 9.17) is 4.74 Å². The highest BCUT2D eigenvalue weighted by molar-refractivity contribution is 9.10. The summed E-state index contributed by atoms with van der Waals surface area (Å²) in [5.74, 6) is -0.231. The van der Waals surface area contributed by atoms with Crippen LogP contribution < -0.4 is 5.43 Å². The molecule has 0 saturated heterocycles. The van der Waals surface area contributed by atoms with Crippen molar-refractivity contribution in [1.29, 1.82) is 0 Å². The van der Waals surface area contributed by atoms with Gasteiger partial charge in [0.2, 0.25) is 0 Å². The Labute approximate surface area is 143 Å². The number of benzene rings is 2. The molecule has 120 valence electrons. The summed E-state index contributed by atoms with van der Waals surface area (Å²) < 4.78 is 6.12. The van der Waals surface area contributed by atoms with E-state index in [1.807, 2.05) is 19.1 Å². The monoisotopic (exact) mass is 376 g/mol. The molecule has 2 N–H and O–H groups in total. The van der Waals surface area contributed by atoms with Crippen molar-refractivity contribution in [1.82, 2.24) is 5.43 Å². The number of nitrogens with zero attached hydrogens (tertiary/aromatic N) is 1. The molecule has 0 aliphatic heterocycles. The lowest BCUT2D eigenvalue weighted by atomic mass is 10.1. The van der Waals surface area contributed by atoms with E-state index in [9.17, 15) is 9.90 Å². The number of halogens is 1. The first-order chi connectivity index (χ1) is 11.1. The summed E-state index contributed by atoms with van der Waals surface area (Å²) in [6.07, 6.45) is 1.39. The van der Waals surface area contributed by atoms with Gasteiger partial charge in [0.15, 0.2) is 0 Å². The number of amides is 1. The molecular weight excluding hydrogens is 360 g/mol. The first-order valence-electron chi connectivity index (χ1n) is 7.08. The molecule has 0 fully saturated rings. The van der Waals surface area contributed by atoms with Crippen molar-refractivity contribution < 1.29 is 14.6 Å². The van der Waals surface area contributed by atoms with Gasteiger partial charge in [0.05, 0.1) is 12.8 Å². The fourth-order valence-corrected chi connectivity index (χ4v) is 2.20. The van der Waals surface area contributed by atoms with E-state index in [1.54, 1.807) is 30.3 Å². The quantitative estimate of drug-likeness (QED) is 0.598. The molecule has 0 aliphatic carbocycles. The number of phenols is 1. The van der Waals surface area contributed by atoms with Crippen molar-refractivity contribution in [2.24, 2.45) is 5.10 Å². The number of rotatable bonds is 6. The van der Waals surface area contributed by atoms with Crippen molar-refractivity contribution in [2.45, 2.75) is 13.5 Å². The summed E-state index contributed by atoms with van der Waals surface area (Å²) in [7, 11) is 0. The summed E-state index contributed by atoms with van der Waals surface area (Å²) in [6.45, 7) is 3.11. The van der Waals surface area contributed by atoms with Crippen molar-refractivity contribution in [3.8, 4) is 5.75 Å². The van der Waals surface area contributed by atoms with Gasteiger partial charge >= 0.3 is 0 Å². The summed E-state index contributed by atoms with van der Waals surface area (Å²) in [5.41, 5.74) is 4.44. The third kappa shape index (κ3) is 5.19. The molecule has 23 heavy (non-hydrogen) atoms. The van der Waals surface area contributed by atoms with Crippen LogP contribution >= 0.6 is 15.9 Å². The van der Waals surface area contributed by atoms with Crippen LogP contribution in [0.1, 0.15) is 28.4 Å². The Balaban J connectivity index is 1.96. The summed E-state index contributed by atoms with van der Waals surface area (Å²) >= 11 is 3.31. The van der Waals surface area contributed by atoms with E-state index < -0.39 is 0 Å². The van der Waals surface area contributed by atoms with Gasteiger partial charge in [0.1, 0.15) is 5.75 Å².